The van der Waals surface area contributed by atoms with E-state index >= 15 is 0 Å². The van der Waals surface area contributed by atoms with E-state index in [1.807, 2.05) is 6.92 Å². The smallest absolute Gasteiger partial charge is 0.311 e. The van der Waals surface area contributed by atoms with Crippen LogP contribution in [-0.2, 0) is 14.3 Å². The molecule has 2 saturated carbocycles. The molecule has 0 aromatic heterocycles. The summed E-state index contributed by atoms with van der Waals surface area (Å²) in [6.45, 7) is 13.4. The second-order valence-electron chi connectivity index (χ2n) is 12.6. The lowest BCUT2D eigenvalue weighted by molar-refractivity contribution is -0.160. The molecule has 0 saturated heterocycles. The Hall–Kier alpha value is -2.36. The molecule has 0 aromatic carbocycles. The predicted molar refractivity (Wildman–Crippen MR) is 133 cm³/mol. The van der Waals surface area contributed by atoms with E-state index in [-0.39, 0.29) is 33.8 Å². The van der Waals surface area contributed by atoms with Crippen molar-refractivity contribution in [2.75, 3.05) is 7.11 Å². The molecular formula is C30H38O4. The Labute approximate surface area is 203 Å². The van der Waals surface area contributed by atoms with Gasteiger partial charge in [-0.15, -0.1) is 0 Å². The van der Waals surface area contributed by atoms with Crippen molar-refractivity contribution in [3.63, 3.8) is 0 Å². The molecule has 5 aliphatic carbocycles. The van der Waals surface area contributed by atoms with E-state index in [4.69, 9.17) is 4.74 Å². The summed E-state index contributed by atoms with van der Waals surface area (Å²) < 4.78 is 5.25. The van der Waals surface area contributed by atoms with Gasteiger partial charge in [0.25, 0.3) is 0 Å². The molecule has 4 heteroatoms. The van der Waals surface area contributed by atoms with Gasteiger partial charge in [-0.25, -0.2) is 0 Å². The van der Waals surface area contributed by atoms with Crippen molar-refractivity contribution in [3.05, 3.63) is 57.4 Å². The first-order valence-corrected chi connectivity index (χ1v) is 12.7. The highest BCUT2D eigenvalue weighted by molar-refractivity contribution is 6.06. The Morgan fingerprint density at radius 2 is 1.74 bits per heavy atom. The lowest BCUT2D eigenvalue weighted by atomic mass is 9.41. The number of fused-ring (bicyclic) bond motifs is 7. The van der Waals surface area contributed by atoms with Gasteiger partial charge in [0.15, 0.2) is 5.76 Å². The summed E-state index contributed by atoms with van der Waals surface area (Å²) in [5.74, 6) is -0.114. The van der Waals surface area contributed by atoms with Crippen LogP contribution in [0.1, 0.15) is 80.1 Å². The third-order valence-electron chi connectivity index (χ3n) is 10.4. The van der Waals surface area contributed by atoms with Gasteiger partial charge < -0.3 is 9.84 Å². The monoisotopic (exact) mass is 462 g/mol. The zero-order chi connectivity index (χ0) is 24.8. The Balaban J connectivity index is 1.66. The minimum Gasteiger partial charge on any atom is -0.504 e. The number of hydrogen-bond acceptors (Lipinski definition) is 4. The molecule has 0 heterocycles. The zero-order valence-corrected chi connectivity index (χ0v) is 21.7. The minimum atomic E-state index is -0.440. The van der Waals surface area contributed by atoms with Crippen molar-refractivity contribution in [1.82, 2.24) is 0 Å². The molecule has 34 heavy (non-hydrogen) atoms. The summed E-state index contributed by atoms with van der Waals surface area (Å²) in [5.41, 5.74) is 6.37. The predicted octanol–water partition coefficient (Wildman–Crippen LogP) is 6.71. The Morgan fingerprint density at radius 3 is 2.41 bits per heavy atom. The Bertz CT molecular complexity index is 1180. The molecule has 2 fully saturated rings. The minimum absolute atomic E-state index is 0.0320. The van der Waals surface area contributed by atoms with Crippen LogP contribution >= 0.6 is 0 Å². The first-order chi connectivity index (χ1) is 15.8. The van der Waals surface area contributed by atoms with Crippen LogP contribution < -0.4 is 0 Å². The van der Waals surface area contributed by atoms with E-state index in [1.54, 1.807) is 6.08 Å². The number of rotatable bonds is 1. The van der Waals surface area contributed by atoms with Crippen molar-refractivity contribution in [2.24, 2.45) is 27.6 Å². The van der Waals surface area contributed by atoms with Crippen molar-refractivity contribution >= 4 is 11.8 Å². The lowest BCUT2D eigenvalue weighted by Gasteiger charge is -2.63. The van der Waals surface area contributed by atoms with Crippen LogP contribution in [-0.4, -0.2) is 24.0 Å². The maximum Gasteiger partial charge on any atom is 0.311 e. The molecule has 0 aliphatic heterocycles. The summed E-state index contributed by atoms with van der Waals surface area (Å²) in [7, 11) is 1.51. The van der Waals surface area contributed by atoms with E-state index in [0.29, 0.717) is 11.5 Å². The highest BCUT2D eigenvalue weighted by atomic mass is 16.5. The summed E-state index contributed by atoms with van der Waals surface area (Å²) in [6, 6.07) is 0. The van der Waals surface area contributed by atoms with Crippen LogP contribution in [0, 0.1) is 27.6 Å². The number of ether oxygens (including phenoxy) is 1. The number of carbonyl (C=O) groups is 2. The zero-order valence-electron chi connectivity index (χ0n) is 21.7. The molecule has 0 aromatic rings. The molecule has 1 unspecified atom stereocenters. The number of aliphatic hydroxyl groups excluding tert-OH is 1. The highest BCUT2D eigenvalue weighted by Crippen LogP contribution is 2.70. The van der Waals surface area contributed by atoms with Crippen LogP contribution in [0.5, 0.6) is 0 Å². The van der Waals surface area contributed by atoms with Gasteiger partial charge in [0, 0.05) is 11.0 Å². The molecular weight excluding hydrogens is 424 g/mol. The van der Waals surface area contributed by atoms with Gasteiger partial charge in [-0.2, -0.15) is 0 Å². The van der Waals surface area contributed by atoms with Crippen molar-refractivity contribution in [1.29, 1.82) is 0 Å². The van der Waals surface area contributed by atoms with Crippen LogP contribution in [0.25, 0.3) is 0 Å². The first kappa shape index (κ1) is 23.4. The maximum absolute atomic E-state index is 12.8. The molecule has 5 atom stereocenters. The Kier molecular flexibility index (Phi) is 4.87. The molecule has 1 N–H and O–H groups in total. The topological polar surface area (TPSA) is 63.6 Å². The molecule has 0 spiro atoms. The molecule has 182 valence electrons. The van der Waals surface area contributed by atoms with E-state index < -0.39 is 5.41 Å². The summed E-state index contributed by atoms with van der Waals surface area (Å²) in [4.78, 5) is 25.4. The average Bonchev–Trinajstić information content (AvgIpc) is 2.79. The second-order valence-corrected chi connectivity index (χ2v) is 12.6. The summed E-state index contributed by atoms with van der Waals surface area (Å²) >= 11 is 0. The van der Waals surface area contributed by atoms with E-state index in [2.05, 4.69) is 46.8 Å². The van der Waals surface area contributed by atoms with Gasteiger partial charge in [0.05, 0.1) is 12.5 Å². The first-order valence-electron chi connectivity index (χ1n) is 12.7. The Morgan fingerprint density at radius 1 is 1.03 bits per heavy atom. The van der Waals surface area contributed by atoms with Crippen molar-refractivity contribution < 1.29 is 19.4 Å². The number of ketones is 1. The number of esters is 1. The van der Waals surface area contributed by atoms with Crippen LogP contribution in [0.3, 0.4) is 0 Å². The lowest BCUT2D eigenvalue weighted by Crippen LogP contribution is -2.55. The third-order valence-corrected chi connectivity index (χ3v) is 10.4. The standard InChI is InChI=1S/C30H38O4/c1-17-15-27(3)10-11-28(4,26(33)34-7)16-23(27)30(6)13-12-29(5)20(24(17)30)9-8-19-18(2)25(32)22(31)14-21(19)29/h8-9,14,23,32H,10-13,15-16H2,1-7H3/t23?,27-,28-,29-,30+/m1/s1. The number of hydrogen-bond donors (Lipinski definition) is 1. The SMILES string of the molecule is COC(=O)[C@]1(C)CC[C@]2(C)CC(C)=C3C4=CC=C5C(=CC(=O)C(O)=C5C)[C@]4(C)CC[C@@]3(C)C2C1. The fraction of sp³-hybridized carbons (Fsp3) is 0.600. The molecule has 0 radical (unpaired) electrons. The summed E-state index contributed by atoms with van der Waals surface area (Å²) in [6.07, 6.45) is 11.8. The van der Waals surface area contributed by atoms with Crippen LogP contribution in [0.15, 0.2) is 57.4 Å². The average molecular weight is 463 g/mol. The molecule has 0 amide bonds. The number of carbonyl (C=O) groups excluding carboxylic acids is 2. The van der Waals surface area contributed by atoms with Crippen molar-refractivity contribution in [2.45, 2.75) is 80.1 Å². The number of allylic oxidation sites excluding steroid dienone is 9. The maximum atomic E-state index is 12.8. The fourth-order valence-electron chi connectivity index (χ4n) is 8.46. The molecule has 5 aliphatic rings. The molecule has 4 nitrogen and oxygen atoms in total. The second kappa shape index (κ2) is 7.08. The van der Waals surface area contributed by atoms with E-state index in [1.165, 1.54) is 23.8 Å². The quantitative estimate of drug-likeness (QED) is 0.440. The third kappa shape index (κ3) is 2.83. The van der Waals surface area contributed by atoms with Crippen LogP contribution in [0.4, 0.5) is 0 Å². The van der Waals surface area contributed by atoms with E-state index in [9.17, 15) is 14.7 Å². The van der Waals surface area contributed by atoms with Gasteiger partial charge in [0.1, 0.15) is 0 Å². The largest absolute Gasteiger partial charge is 0.504 e. The normalized spacial score (nSPS) is 41.4. The van der Waals surface area contributed by atoms with Gasteiger partial charge >= 0.3 is 5.97 Å². The fourth-order valence-corrected chi connectivity index (χ4v) is 8.46. The summed E-state index contributed by atoms with van der Waals surface area (Å²) in [5, 5.41) is 10.3. The van der Waals surface area contributed by atoms with Crippen molar-refractivity contribution in [3.8, 4) is 0 Å². The van der Waals surface area contributed by atoms with Crippen LogP contribution in [0.2, 0.25) is 0 Å². The van der Waals surface area contributed by atoms with Gasteiger partial charge in [0.2, 0.25) is 5.78 Å². The molecule has 0 bridgehead atoms. The number of aliphatic hydroxyl groups is 1. The van der Waals surface area contributed by atoms with Gasteiger partial charge in [-0.1, -0.05) is 38.5 Å². The van der Waals surface area contributed by atoms with Gasteiger partial charge in [-0.05, 0) is 104 Å². The van der Waals surface area contributed by atoms with Gasteiger partial charge in [-0.3, -0.25) is 9.59 Å². The highest BCUT2D eigenvalue weighted by Gasteiger charge is 2.61. The molecule has 5 rings (SSSR count). The van der Waals surface area contributed by atoms with E-state index in [0.717, 1.165) is 49.7 Å². The number of methoxy groups -OCH3 is 1.